The lowest BCUT2D eigenvalue weighted by Crippen LogP contribution is -2.39. The van der Waals surface area contributed by atoms with Gasteiger partial charge in [0, 0.05) is 0 Å². The van der Waals surface area contributed by atoms with Gasteiger partial charge in [0.1, 0.15) is 0 Å². The SMILES string of the molecule is COC(=O)C1=C(C)N=c2sc(=Cc3cccc4ccccc34)c(=O)n2[C@@H]1c1ccccc1. The molecule has 0 amide bonds. The van der Waals surface area contributed by atoms with E-state index in [0.29, 0.717) is 20.6 Å². The zero-order valence-electron chi connectivity index (χ0n) is 17.6. The number of fused-ring (bicyclic) bond motifs is 2. The first-order valence-electron chi connectivity index (χ1n) is 10.2. The second-order valence-electron chi connectivity index (χ2n) is 7.55. The number of hydrogen-bond donors (Lipinski definition) is 0. The fourth-order valence-corrected chi connectivity index (χ4v) is 5.20. The number of methoxy groups -OCH3 is 1. The van der Waals surface area contributed by atoms with E-state index >= 15 is 0 Å². The lowest BCUT2D eigenvalue weighted by molar-refractivity contribution is -0.136. The van der Waals surface area contributed by atoms with Crippen LogP contribution in [0.25, 0.3) is 16.8 Å². The summed E-state index contributed by atoms with van der Waals surface area (Å²) in [6.07, 6.45) is 1.91. The largest absolute Gasteiger partial charge is 0.466 e. The minimum atomic E-state index is -0.588. The monoisotopic (exact) mass is 440 g/mol. The molecule has 0 spiro atoms. The maximum Gasteiger partial charge on any atom is 0.338 e. The van der Waals surface area contributed by atoms with Gasteiger partial charge in [0.15, 0.2) is 4.80 Å². The first-order chi connectivity index (χ1) is 15.6. The Bertz CT molecular complexity index is 1560. The Labute approximate surface area is 188 Å². The molecule has 0 bridgehead atoms. The molecule has 0 fully saturated rings. The lowest BCUT2D eigenvalue weighted by Gasteiger charge is -2.24. The smallest absolute Gasteiger partial charge is 0.338 e. The molecular weight excluding hydrogens is 420 g/mol. The summed E-state index contributed by atoms with van der Waals surface area (Å²) in [7, 11) is 1.34. The number of nitrogens with zero attached hydrogens (tertiary/aromatic N) is 2. The average Bonchev–Trinajstić information content (AvgIpc) is 3.13. The minimum absolute atomic E-state index is 0.176. The molecule has 1 aliphatic rings. The number of aromatic nitrogens is 1. The van der Waals surface area contributed by atoms with Crippen molar-refractivity contribution in [1.82, 2.24) is 4.57 Å². The van der Waals surface area contributed by atoms with Crippen LogP contribution in [0.5, 0.6) is 0 Å². The Kier molecular flexibility index (Phi) is 5.07. The van der Waals surface area contributed by atoms with Gasteiger partial charge in [-0.25, -0.2) is 9.79 Å². The van der Waals surface area contributed by atoms with E-state index in [4.69, 9.17) is 4.74 Å². The van der Waals surface area contributed by atoms with Crippen LogP contribution in [0.3, 0.4) is 0 Å². The third-order valence-electron chi connectivity index (χ3n) is 5.65. The quantitative estimate of drug-likeness (QED) is 0.458. The van der Waals surface area contributed by atoms with E-state index in [2.05, 4.69) is 17.1 Å². The summed E-state index contributed by atoms with van der Waals surface area (Å²) in [4.78, 5) is 31.4. The first-order valence-corrected chi connectivity index (χ1v) is 11.0. The third-order valence-corrected chi connectivity index (χ3v) is 6.64. The number of carbonyl (C=O) groups excluding carboxylic acids is 1. The molecule has 6 heteroatoms. The van der Waals surface area contributed by atoms with E-state index in [-0.39, 0.29) is 5.56 Å². The summed E-state index contributed by atoms with van der Waals surface area (Å²) in [6, 6.07) is 23.0. The molecule has 2 heterocycles. The number of thiazole rings is 1. The van der Waals surface area contributed by atoms with Crippen LogP contribution >= 0.6 is 11.3 Å². The van der Waals surface area contributed by atoms with Gasteiger partial charge in [-0.3, -0.25) is 9.36 Å². The fourth-order valence-electron chi connectivity index (χ4n) is 4.16. The highest BCUT2D eigenvalue weighted by Gasteiger charge is 2.32. The zero-order chi connectivity index (χ0) is 22.2. The molecule has 0 aliphatic carbocycles. The summed E-state index contributed by atoms with van der Waals surface area (Å²) in [5.41, 5.74) is 2.56. The van der Waals surface area contributed by atoms with Crippen LogP contribution < -0.4 is 14.9 Å². The van der Waals surface area contributed by atoms with Gasteiger partial charge in [-0.05, 0) is 34.9 Å². The van der Waals surface area contributed by atoms with Gasteiger partial charge in [-0.15, -0.1) is 0 Å². The van der Waals surface area contributed by atoms with Gasteiger partial charge < -0.3 is 4.74 Å². The Morgan fingerprint density at radius 1 is 1.03 bits per heavy atom. The molecule has 1 aromatic heterocycles. The third kappa shape index (κ3) is 3.29. The van der Waals surface area contributed by atoms with Crippen LogP contribution in [0.15, 0.2) is 93.9 Å². The summed E-state index contributed by atoms with van der Waals surface area (Å²) >= 11 is 1.33. The Balaban J connectivity index is 1.77. The van der Waals surface area contributed by atoms with Gasteiger partial charge in [-0.2, -0.15) is 0 Å². The fraction of sp³-hybridized carbons (Fsp3) is 0.115. The van der Waals surface area contributed by atoms with Gasteiger partial charge in [0.05, 0.1) is 29.0 Å². The van der Waals surface area contributed by atoms with Crippen molar-refractivity contribution in [2.24, 2.45) is 4.99 Å². The standard InChI is InChI=1S/C26H20N2O3S/c1-16-22(25(30)31-2)23(18-10-4-3-5-11-18)28-24(29)21(32-26(28)27-16)15-19-13-8-12-17-9-6-7-14-20(17)19/h3-15,23H,1-2H3/t23-/m1/s1. The predicted molar refractivity (Wildman–Crippen MR) is 126 cm³/mol. The maximum atomic E-state index is 13.6. The molecule has 0 saturated heterocycles. The molecule has 3 aromatic carbocycles. The number of allylic oxidation sites excluding steroid dienone is 1. The van der Waals surface area contributed by atoms with E-state index in [9.17, 15) is 9.59 Å². The topological polar surface area (TPSA) is 60.7 Å². The highest BCUT2D eigenvalue weighted by atomic mass is 32.1. The molecule has 0 N–H and O–H groups in total. The van der Waals surface area contributed by atoms with Crippen LogP contribution in [-0.4, -0.2) is 17.6 Å². The molecule has 0 radical (unpaired) electrons. The average molecular weight is 441 g/mol. The molecule has 0 saturated carbocycles. The second kappa shape index (κ2) is 8.05. The van der Waals surface area contributed by atoms with Crippen molar-refractivity contribution in [2.75, 3.05) is 7.11 Å². The maximum absolute atomic E-state index is 13.6. The van der Waals surface area contributed by atoms with Gasteiger partial charge >= 0.3 is 5.97 Å². The van der Waals surface area contributed by atoms with Crippen molar-refractivity contribution in [3.8, 4) is 0 Å². The summed E-state index contributed by atoms with van der Waals surface area (Å²) in [5.74, 6) is -0.483. The lowest BCUT2D eigenvalue weighted by atomic mass is 9.96. The van der Waals surface area contributed by atoms with Crippen LogP contribution in [0, 0.1) is 0 Å². The highest BCUT2D eigenvalue weighted by Crippen LogP contribution is 2.30. The van der Waals surface area contributed by atoms with E-state index < -0.39 is 12.0 Å². The van der Waals surface area contributed by atoms with E-state index in [1.807, 2.05) is 66.7 Å². The molecule has 0 unspecified atom stereocenters. The van der Waals surface area contributed by atoms with Crippen molar-refractivity contribution in [1.29, 1.82) is 0 Å². The number of benzene rings is 3. The molecule has 4 aromatic rings. The van der Waals surface area contributed by atoms with E-state index in [1.54, 1.807) is 11.5 Å². The summed E-state index contributed by atoms with van der Waals surface area (Å²) in [5, 5.41) is 2.19. The molecule has 158 valence electrons. The van der Waals surface area contributed by atoms with Crippen LogP contribution in [0.4, 0.5) is 0 Å². The Morgan fingerprint density at radius 2 is 1.75 bits per heavy atom. The van der Waals surface area contributed by atoms with Gasteiger partial charge in [0.2, 0.25) is 0 Å². The van der Waals surface area contributed by atoms with Crippen molar-refractivity contribution in [3.05, 3.63) is 115 Å². The second-order valence-corrected chi connectivity index (χ2v) is 8.56. The van der Waals surface area contributed by atoms with Crippen molar-refractivity contribution < 1.29 is 9.53 Å². The Hall–Kier alpha value is -3.77. The molecular formula is C26H20N2O3S. The summed E-state index contributed by atoms with van der Waals surface area (Å²) in [6.45, 7) is 1.78. The molecule has 32 heavy (non-hydrogen) atoms. The zero-order valence-corrected chi connectivity index (χ0v) is 18.4. The van der Waals surface area contributed by atoms with Crippen LogP contribution in [-0.2, 0) is 9.53 Å². The number of carbonyl (C=O) groups is 1. The van der Waals surface area contributed by atoms with Crippen molar-refractivity contribution in [2.45, 2.75) is 13.0 Å². The van der Waals surface area contributed by atoms with E-state index in [0.717, 1.165) is 21.9 Å². The first kappa shape index (κ1) is 20.2. The number of esters is 1. The molecule has 1 atom stereocenters. The van der Waals surface area contributed by atoms with Gasteiger partial charge in [-0.1, -0.05) is 84.1 Å². The van der Waals surface area contributed by atoms with Crippen molar-refractivity contribution in [3.63, 3.8) is 0 Å². The highest BCUT2D eigenvalue weighted by molar-refractivity contribution is 7.07. The van der Waals surface area contributed by atoms with Crippen molar-refractivity contribution >= 4 is 34.2 Å². The number of ether oxygens (including phenoxy) is 1. The molecule has 5 rings (SSSR count). The van der Waals surface area contributed by atoms with Crippen LogP contribution in [0.2, 0.25) is 0 Å². The van der Waals surface area contributed by atoms with Gasteiger partial charge in [0.25, 0.3) is 5.56 Å². The normalized spacial score (nSPS) is 16.1. The van der Waals surface area contributed by atoms with Crippen LogP contribution in [0.1, 0.15) is 24.1 Å². The Morgan fingerprint density at radius 3 is 2.53 bits per heavy atom. The minimum Gasteiger partial charge on any atom is -0.466 e. The summed E-state index contributed by atoms with van der Waals surface area (Å²) < 4.78 is 7.22. The molecule has 1 aliphatic heterocycles. The molecule has 5 nitrogen and oxygen atoms in total. The predicted octanol–water partition coefficient (Wildman–Crippen LogP) is 3.56. The van der Waals surface area contributed by atoms with E-state index in [1.165, 1.54) is 18.4 Å². The number of rotatable bonds is 3. The number of hydrogen-bond acceptors (Lipinski definition) is 5.